The Morgan fingerprint density at radius 1 is 1.33 bits per heavy atom. The molecular weight excluding hydrogens is 321 g/mol. The highest BCUT2D eigenvalue weighted by molar-refractivity contribution is 5.72. The minimum absolute atomic E-state index is 0.211. The van der Waals surface area contributed by atoms with Gasteiger partial charge >= 0.3 is 5.69 Å². The van der Waals surface area contributed by atoms with Crippen LogP contribution in [0.25, 0.3) is 0 Å². The second-order valence-corrected chi connectivity index (χ2v) is 5.55. The third kappa shape index (κ3) is 2.25. The van der Waals surface area contributed by atoms with E-state index in [1.807, 2.05) is 0 Å². The van der Waals surface area contributed by atoms with Gasteiger partial charge in [-0.15, -0.1) is 0 Å². The lowest BCUT2D eigenvalue weighted by Gasteiger charge is -2.23. The number of fused-ring (bicyclic) bond motifs is 2. The van der Waals surface area contributed by atoms with Gasteiger partial charge in [-0.2, -0.15) is 4.98 Å². The molecule has 0 aliphatic carbocycles. The number of hydrogen-bond acceptors (Lipinski definition) is 7. The number of para-hydroxylation sites is 2. The molecule has 0 radical (unpaired) electrons. The fraction of sp³-hybridized carbons (Fsp3) is 0.333. The zero-order chi connectivity index (χ0) is 16.8. The molecule has 126 valence electrons. The van der Waals surface area contributed by atoms with Crippen LogP contribution in [0.3, 0.4) is 0 Å². The normalized spacial score (nSPS) is 27.8. The highest BCUT2D eigenvalue weighted by atomic mass is 19.1. The van der Waals surface area contributed by atoms with Crippen molar-refractivity contribution in [1.82, 2.24) is 9.55 Å². The molecule has 2 aromatic rings. The van der Waals surface area contributed by atoms with Crippen molar-refractivity contribution < 1.29 is 24.1 Å². The van der Waals surface area contributed by atoms with Crippen LogP contribution in [0.2, 0.25) is 0 Å². The van der Waals surface area contributed by atoms with Crippen LogP contribution in [0.15, 0.2) is 35.3 Å². The lowest BCUT2D eigenvalue weighted by molar-refractivity contribution is -0.0492. The molecule has 8 nitrogen and oxygen atoms in total. The lowest BCUT2D eigenvalue weighted by atomic mass is 10.1. The molecule has 9 heteroatoms. The van der Waals surface area contributed by atoms with E-state index in [-0.39, 0.29) is 11.6 Å². The zero-order valence-corrected chi connectivity index (χ0v) is 12.3. The fourth-order valence-corrected chi connectivity index (χ4v) is 2.78. The van der Waals surface area contributed by atoms with Gasteiger partial charge in [-0.3, -0.25) is 4.57 Å². The number of anilines is 2. The number of nitrogens with one attached hydrogen (secondary N) is 1. The Hall–Kier alpha value is -2.49. The van der Waals surface area contributed by atoms with Crippen molar-refractivity contribution in [3.8, 4) is 11.5 Å². The number of rotatable bonds is 2. The third-order valence-electron chi connectivity index (χ3n) is 4.03. The molecular formula is C15H14FN3O5. The molecule has 1 saturated heterocycles. The number of aliphatic hydroxyl groups is 2. The summed E-state index contributed by atoms with van der Waals surface area (Å²) in [6, 6.07) is 7.09. The summed E-state index contributed by atoms with van der Waals surface area (Å²) < 4.78 is 26.0. The fourth-order valence-electron chi connectivity index (χ4n) is 2.78. The molecule has 2 aliphatic heterocycles. The molecule has 0 bridgehead atoms. The molecule has 0 spiro atoms. The maximum atomic E-state index is 14.2. The summed E-state index contributed by atoms with van der Waals surface area (Å²) >= 11 is 0. The van der Waals surface area contributed by atoms with E-state index in [4.69, 9.17) is 14.6 Å². The Morgan fingerprint density at radius 2 is 2.12 bits per heavy atom. The van der Waals surface area contributed by atoms with Gasteiger partial charge in [-0.1, -0.05) is 12.1 Å². The van der Waals surface area contributed by atoms with E-state index in [1.165, 1.54) is 6.20 Å². The zero-order valence-electron chi connectivity index (χ0n) is 12.3. The highest BCUT2D eigenvalue weighted by Crippen LogP contribution is 2.40. The first-order valence-electron chi connectivity index (χ1n) is 7.34. The smallest absolute Gasteiger partial charge is 0.352 e. The number of ether oxygens (including phenoxy) is 2. The van der Waals surface area contributed by atoms with Crippen molar-refractivity contribution in [1.29, 1.82) is 0 Å². The van der Waals surface area contributed by atoms with Crippen LogP contribution >= 0.6 is 0 Å². The average molecular weight is 335 g/mol. The van der Waals surface area contributed by atoms with Crippen molar-refractivity contribution in [3.63, 3.8) is 0 Å². The number of nitrogens with zero attached hydrogens (tertiary/aromatic N) is 2. The molecule has 1 unspecified atom stereocenters. The Bertz CT molecular complexity index is 842. The molecule has 24 heavy (non-hydrogen) atoms. The molecule has 0 saturated carbocycles. The SMILES string of the molecule is O=c1nc2c(cn1[C@@H]1O[C@H](CO)C(O)[C@@H]1F)Oc1ccccc1N2. The summed E-state index contributed by atoms with van der Waals surface area (Å²) in [4.78, 5) is 16.1. The van der Waals surface area contributed by atoms with Crippen molar-refractivity contribution in [2.75, 3.05) is 11.9 Å². The molecule has 1 fully saturated rings. The Morgan fingerprint density at radius 3 is 2.88 bits per heavy atom. The predicted molar refractivity (Wildman–Crippen MR) is 80.2 cm³/mol. The van der Waals surface area contributed by atoms with Gasteiger partial charge in [0.15, 0.2) is 29.7 Å². The molecule has 1 aromatic heterocycles. The summed E-state index contributed by atoms with van der Waals surface area (Å²) in [5.41, 5.74) is -0.103. The first kappa shape index (κ1) is 15.1. The van der Waals surface area contributed by atoms with Gasteiger partial charge in [0, 0.05) is 0 Å². The van der Waals surface area contributed by atoms with Crippen molar-refractivity contribution in [3.05, 3.63) is 40.9 Å². The van der Waals surface area contributed by atoms with Crippen LogP contribution in [-0.2, 0) is 4.74 Å². The summed E-state index contributed by atoms with van der Waals surface area (Å²) in [6.45, 7) is -0.559. The minimum atomic E-state index is -1.87. The Balaban J connectivity index is 1.72. The van der Waals surface area contributed by atoms with E-state index in [1.54, 1.807) is 24.3 Å². The number of aliphatic hydroxyl groups excluding tert-OH is 2. The molecule has 0 amide bonds. The molecule has 2 aliphatic rings. The summed E-state index contributed by atoms with van der Waals surface area (Å²) in [5, 5.41) is 21.8. The number of alkyl halides is 1. The number of halogens is 1. The van der Waals surface area contributed by atoms with Gasteiger partial charge < -0.3 is 25.0 Å². The van der Waals surface area contributed by atoms with Crippen LogP contribution in [0.1, 0.15) is 6.23 Å². The summed E-state index contributed by atoms with van der Waals surface area (Å²) in [5.74, 6) is 0.975. The summed E-state index contributed by atoms with van der Waals surface area (Å²) in [7, 11) is 0. The molecule has 1 aromatic carbocycles. The van der Waals surface area contributed by atoms with E-state index in [9.17, 15) is 14.3 Å². The predicted octanol–water partition coefficient (Wildman–Crippen LogP) is 0.681. The van der Waals surface area contributed by atoms with Crippen molar-refractivity contribution >= 4 is 11.5 Å². The molecule has 3 N–H and O–H groups in total. The summed E-state index contributed by atoms with van der Waals surface area (Å²) in [6.07, 6.45) is -4.61. The Kier molecular flexibility index (Phi) is 3.48. The van der Waals surface area contributed by atoms with E-state index in [0.29, 0.717) is 11.4 Å². The van der Waals surface area contributed by atoms with E-state index < -0.39 is 36.9 Å². The lowest BCUT2D eigenvalue weighted by Crippen LogP contribution is -2.34. The van der Waals surface area contributed by atoms with E-state index in [2.05, 4.69) is 10.3 Å². The van der Waals surface area contributed by atoms with Crippen LogP contribution in [0.4, 0.5) is 15.9 Å². The van der Waals surface area contributed by atoms with E-state index in [0.717, 1.165) is 4.57 Å². The van der Waals surface area contributed by atoms with Gasteiger partial charge in [-0.05, 0) is 12.1 Å². The third-order valence-corrected chi connectivity index (χ3v) is 4.03. The molecule has 4 atom stereocenters. The number of benzene rings is 1. The van der Waals surface area contributed by atoms with Crippen molar-refractivity contribution in [2.45, 2.75) is 24.6 Å². The van der Waals surface area contributed by atoms with E-state index >= 15 is 0 Å². The Labute approximate surface area is 135 Å². The van der Waals surface area contributed by atoms with Gasteiger partial charge in [0.2, 0.25) is 0 Å². The van der Waals surface area contributed by atoms with Crippen LogP contribution in [0, 0.1) is 0 Å². The number of aromatic nitrogens is 2. The first-order valence-corrected chi connectivity index (χ1v) is 7.34. The minimum Gasteiger partial charge on any atom is -0.450 e. The van der Waals surface area contributed by atoms with Gasteiger partial charge in [-0.25, -0.2) is 9.18 Å². The average Bonchev–Trinajstić information content (AvgIpc) is 2.87. The van der Waals surface area contributed by atoms with Crippen LogP contribution in [-0.4, -0.2) is 44.8 Å². The number of hydrogen-bond donors (Lipinski definition) is 3. The quantitative estimate of drug-likeness (QED) is 0.632. The maximum absolute atomic E-state index is 14.2. The van der Waals surface area contributed by atoms with Gasteiger partial charge in [0.25, 0.3) is 0 Å². The van der Waals surface area contributed by atoms with Crippen molar-refractivity contribution in [2.24, 2.45) is 0 Å². The maximum Gasteiger partial charge on any atom is 0.352 e. The molecule has 4 rings (SSSR count). The topological polar surface area (TPSA) is 106 Å². The second-order valence-electron chi connectivity index (χ2n) is 5.55. The van der Waals surface area contributed by atoms with Crippen LogP contribution < -0.4 is 15.7 Å². The van der Waals surface area contributed by atoms with Crippen LogP contribution in [0.5, 0.6) is 11.5 Å². The van der Waals surface area contributed by atoms with Gasteiger partial charge in [0.05, 0.1) is 18.5 Å². The van der Waals surface area contributed by atoms with Gasteiger partial charge in [0.1, 0.15) is 12.2 Å². The standard InChI is InChI=1S/C15H14FN3O5/c16-11-12(21)10(6-20)24-14(11)19-5-9-13(18-15(19)22)17-7-3-1-2-4-8(7)23-9/h1-5,10-12,14,20-21H,6H2,(H,17,18,22)/t10-,11+,12?,14-/m1/s1. The first-order chi connectivity index (χ1) is 11.6. The largest absolute Gasteiger partial charge is 0.450 e. The molecule has 3 heterocycles. The monoisotopic (exact) mass is 335 g/mol. The second kappa shape index (κ2) is 5.55. The highest BCUT2D eigenvalue weighted by Gasteiger charge is 2.45.